The lowest BCUT2D eigenvalue weighted by atomic mass is 9.97. The first-order valence-corrected chi connectivity index (χ1v) is 15.6. The van der Waals surface area contributed by atoms with Crippen LogP contribution in [-0.4, -0.2) is 70.5 Å². The van der Waals surface area contributed by atoms with Crippen LogP contribution in [0.25, 0.3) is 33.7 Å². The van der Waals surface area contributed by atoms with E-state index in [0.29, 0.717) is 54.3 Å². The number of halogens is 2. The van der Waals surface area contributed by atoms with Crippen LogP contribution in [-0.2, 0) is 17.6 Å². The van der Waals surface area contributed by atoms with Crippen LogP contribution < -0.4 is 10.6 Å². The molecule has 1 amide bonds. The Morgan fingerprint density at radius 2 is 1.87 bits per heavy atom. The van der Waals surface area contributed by atoms with Gasteiger partial charge in [-0.1, -0.05) is 37.8 Å². The average molecular weight is 638 g/mol. The summed E-state index contributed by atoms with van der Waals surface area (Å²) >= 11 is 0. The molecule has 4 aromatic heterocycles. The zero-order chi connectivity index (χ0) is 33.1. The molecule has 0 N–H and O–H groups in total. The molecule has 47 heavy (non-hydrogen) atoms. The van der Waals surface area contributed by atoms with Gasteiger partial charge in [0.05, 0.1) is 34.3 Å². The fourth-order valence-corrected chi connectivity index (χ4v) is 6.76. The highest BCUT2D eigenvalue weighted by molar-refractivity contribution is 5.92. The monoisotopic (exact) mass is 637 g/mol. The molecule has 1 fully saturated rings. The molecule has 0 spiro atoms. The summed E-state index contributed by atoms with van der Waals surface area (Å²) in [5.74, 6) is -1.51. The van der Waals surface area contributed by atoms with Crippen LogP contribution in [0.1, 0.15) is 50.6 Å². The van der Waals surface area contributed by atoms with E-state index in [9.17, 15) is 9.59 Å². The quantitative estimate of drug-likeness (QED) is 0.265. The van der Waals surface area contributed by atoms with Crippen molar-refractivity contribution in [1.29, 1.82) is 0 Å². The fraction of sp³-hybridized carbons (Fsp3) is 0.324. The number of amides is 1. The van der Waals surface area contributed by atoms with E-state index in [-0.39, 0.29) is 52.0 Å². The smallest absolute Gasteiger partial charge is 0.349 e. The van der Waals surface area contributed by atoms with Crippen LogP contribution in [0, 0.1) is 11.6 Å². The van der Waals surface area contributed by atoms with Crippen molar-refractivity contribution in [2.75, 3.05) is 18.0 Å². The predicted octanol–water partition coefficient (Wildman–Crippen LogP) is 4.54. The Kier molecular flexibility index (Phi) is 7.41. The van der Waals surface area contributed by atoms with Crippen molar-refractivity contribution >= 4 is 22.8 Å². The van der Waals surface area contributed by atoms with Gasteiger partial charge in [-0.2, -0.15) is 4.98 Å². The molecule has 7 rings (SSSR count). The summed E-state index contributed by atoms with van der Waals surface area (Å²) in [5.41, 5.74) is 1.97. The van der Waals surface area contributed by atoms with Crippen molar-refractivity contribution in [2.24, 2.45) is 0 Å². The molecule has 11 nitrogen and oxygen atoms in total. The number of benzene rings is 1. The Labute approximate surface area is 269 Å². The third kappa shape index (κ3) is 4.88. The zero-order valence-electron chi connectivity index (χ0n) is 26.5. The number of hydrogen-bond donors (Lipinski definition) is 0. The van der Waals surface area contributed by atoms with Gasteiger partial charge in [0.15, 0.2) is 5.65 Å². The number of aromatic nitrogens is 7. The second kappa shape index (κ2) is 11.5. The third-order valence-electron chi connectivity index (χ3n) is 9.05. The van der Waals surface area contributed by atoms with Crippen LogP contribution in [0.5, 0.6) is 0 Å². The number of piperazine rings is 1. The Hall–Kier alpha value is -5.33. The molecule has 1 aromatic carbocycles. The number of hydrogen-bond acceptors (Lipinski definition) is 8. The molecule has 5 aromatic rings. The number of carbonyl (C=O) groups excluding carboxylic acids is 1. The van der Waals surface area contributed by atoms with Gasteiger partial charge in [0.1, 0.15) is 23.1 Å². The summed E-state index contributed by atoms with van der Waals surface area (Å²) < 4.78 is 35.1. The molecule has 2 bridgehead atoms. The largest absolute Gasteiger partial charge is 0.355 e. The average Bonchev–Trinajstić information content (AvgIpc) is 3.52. The minimum absolute atomic E-state index is 0.0258. The van der Waals surface area contributed by atoms with Crippen molar-refractivity contribution in [3.05, 3.63) is 94.5 Å². The fourth-order valence-electron chi connectivity index (χ4n) is 6.76. The maximum Gasteiger partial charge on any atom is 0.355 e. The predicted molar refractivity (Wildman–Crippen MR) is 173 cm³/mol. The number of anilines is 1. The van der Waals surface area contributed by atoms with Crippen molar-refractivity contribution in [3.63, 3.8) is 0 Å². The van der Waals surface area contributed by atoms with Gasteiger partial charge < -0.3 is 9.80 Å². The lowest BCUT2D eigenvalue weighted by molar-refractivity contribution is -0.128. The Morgan fingerprint density at radius 3 is 2.64 bits per heavy atom. The Balaban J connectivity index is 1.59. The molecule has 240 valence electrons. The second-order valence-corrected chi connectivity index (χ2v) is 12.4. The molecule has 0 aliphatic carbocycles. The van der Waals surface area contributed by atoms with Crippen LogP contribution in [0.2, 0.25) is 0 Å². The topological polar surface area (TPSA) is 115 Å². The van der Waals surface area contributed by atoms with E-state index in [1.54, 1.807) is 40.2 Å². The SMILES string of the molecule is C=CC(=O)N1C[C@H](C)N(c2nc(=O)n3c4nc(c(F)cc24)-c2c(F)cccc2CCc2cnnn2-c2ccnc(C(C)C)c2-3)C[C@H]1C. The number of fused-ring (bicyclic) bond motifs is 7. The summed E-state index contributed by atoms with van der Waals surface area (Å²) in [6.45, 7) is 12.0. The van der Waals surface area contributed by atoms with Crippen molar-refractivity contribution < 1.29 is 13.6 Å². The van der Waals surface area contributed by atoms with Crippen LogP contribution >= 0.6 is 0 Å². The minimum Gasteiger partial charge on any atom is -0.349 e. The highest BCUT2D eigenvalue weighted by Crippen LogP contribution is 2.37. The Morgan fingerprint density at radius 1 is 1.06 bits per heavy atom. The van der Waals surface area contributed by atoms with Gasteiger partial charge >= 0.3 is 5.69 Å². The number of pyridine rings is 2. The summed E-state index contributed by atoms with van der Waals surface area (Å²) in [6.07, 6.45) is 5.31. The van der Waals surface area contributed by atoms with Crippen molar-refractivity contribution in [2.45, 2.75) is 58.5 Å². The summed E-state index contributed by atoms with van der Waals surface area (Å²) in [7, 11) is 0. The van der Waals surface area contributed by atoms with E-state index in [2.05, 4.69) is 26.9 Å². The number of rotatable bonds is 3. The maximum absolute atomic E-state index is 16.4. The van der Waals surface area contributed by atoms with Gasteiger partial charge in [-0.15, -0.1) is 5.10 Å². The molecule has 2 aliphatic rings. The molecule has 0 saturated carbocycles. The summed E-state index contributed by atoms with van der Waals surface area (Å²) in [6, 6.07) is 7.09. The third-order valence-corrected chi connectivity index (χ3v) is 9.05. The molecule has 0 radical (unpaired) electrons. The summed E-state index contributed by atoms with van der Waals surface area (Å²) in [4.78, 5) is 44.6. The van der Waals surface area contributed by atoms with E-state index < -0.39 is 17.3 Å². The van der Waals surface area contributed by atoms with E-state index in [4.69, 9.17) is 4.98 Å². The van der Waals surface area contributed by atoms with Gasteiger partial charge in [0.2, 0.25) is 5.91 Å². The molecule has 0 unspecified atom stereocenters. The minimum atomic E-state index is -0.752. The molecule has 1 saturated heterocycles. The van der Waals surface area contributed by atoms with Gasteiger partial charge in [-0.05, 0) is 62.4 Å². The van der Waals surface area contributed by atoms with Crippen LogP contribution in [0.4, 0.5) is 14.6 Å². The van der Waals surface area contributed by atoms with E-state index in [0.717, 1.165) is 0 Å². The standard InChI is InChI=1S/C34H33F2N9O2/c1-6-27(46)42-16-20(5)43(17-19(42)4)32-23-14-25(36)30-28-21(8-7-9-24(28)35)10-11-22-15-38-41-45(22)26-12-13-37-29(18(2)3)31(26)44(33(23)39-30)34(47)40-32/h6-9,12-15,18-20H,1,10-11,16-17H2,2-5H3/t19-,20+/m1/s1. The van der Waals surface area contributed by atoms with Crippen LogP contribution in [0.3, 0.4) is 0 Å². The molecular formula is C34H33F2N9O2. The zero-order valence-corrected chi connectivity index (χ0v) is 26.5. The van der Waals surface area contributed by atoms with E-state index in [1.807, 2.05) is 32.6 Å². The number of nitrogens with zero attached hydrogens (tertiary/aromatic N) is 9. The molecular weight excluding hydrogens is 604 g/mol. The highest BCUT2D eigenvalue weighted by atomic mass is 19.1. The van der Waals surface area contributed by atoms with Gasteiger partial charge in [-0.3, -0.25) is 9.78 Å². The number of aryl methyl sites for hydroxylation is 2. The van der Waals surface area contributed by atoms with Gasteiger partial charge in [0, 0.05) is 36.9 Å². The normalized spacial score (nSPS) is 17.6. The first kappa shape index (κ1) is 30.3. The lowest BCUT2D eigenvalue weighted by Gasteiger charge is -2.44. The molecule has 6 heterocycles. The van der Waals surface area contributed by atoms with E-state index in [1.165, 1.54) is 22.8 Å². The lowest BCUT2D eigenvalue weighted by Crippen LogP contribution is -2.58. The summed E-state index contributed by atoms with van der Waals surface area (Å²) in [5, 5.41) is 8.80. The van der Waals surface area contributed by atoms with Gasteiger partial charge in [0.25, 0.3) is 0 Å². The molecule has 2 aliphatic heterocycles. The molecule has 2 atom stereocenters. The van der Waals surface area contributed by atoms with Crippen LogP contribution in [0.15, 0.2) is 60.2 Å². The first-order chi connectivity index (χ1) is 22.6. The number of carbonyl (C=O) groups is 1. The van der Waals surface area contributed by atoms with Crippen molar-refractivity contribution in [1.82, 2.24) is 39.4 Å². The van der Waals surface area contributed by atoms with Crippen molar-refractivity contribution in [3.8, 4) is 22.6 Å². The van der Waals surface area contributed by atoms with Gasteiger partial charge in [-0.25, -0.2) is 27.8 Å². The van der Waals surface area contributed by atoms with E-state index >= 15 is 8.78 Å². The molecule has 13 heteroatoms. The first-order valence-electron chi connectivity index (χ1n) is 15.6. The Bertz CT molecular complexity index is 2140. The maximum atomic E-state index is 16.4. The second-order valence-electron chi connectivity index (χ2n) is 12.4. The highest BCUT2D eigenvalue weighted by Gasteiger charge is 2.35.